The Balaban J connectivity index is 2.24. The molecule has 0 spiro atoms. The summed E-state index contributed by atoms with van der Waals surface area (Å²) in [5.74, 6) is 0.940. The van der Waals surface area contributed by atoms with Gasteiger partial charge in [0.05, 0.1) is 17.8 Å². The van der Waals surface area contributed by atoms with Gasteiger partial charge in [-0.1, -0.05) is 0 Å². The number of imidazole rings is 1. The van der Waals surface area contributed by atoms with Crippen LogP contribution >= 0.6 is 0 Å². The second-order valence-electron chi connectivity index (χ2n) is 3.99. The zero-order valence-electron chi connectivity index (χ0n) is 8.70. The first-order valence-corrected chi connectivity index (χ1v) is 5.10. The van der Waals surface area contributed by atoms with E-state index < -0.39 is 0 Å². The molecule has 0 amide bonds. The third-order valence-electron chi connectivity index (χ3n) is 2.74. The van der Waals surface area contributed by atoms with E-state index in [1.807, 2.05) is 24.7 Å². The Morgan fingerprint density at radius 3 is 3.00 bits per heavy atom. The minimum absolute atomic E-state index is 0.00227. The van der Waals surface area contributed by atoms with Gasteiger partial charge >= 0.3 is 0 Å². The van der Waals surface area contributed by atoms with Crippen molar-refractivity contribution < 1.29 is 5.11 Å². The van der Waals surface area contributed by atoms with Crippen LogP contribution in [0.15, 0.2) is 6.20 Å². The van der Waals surface area contributed by atoms with Gasteiger partial charge in [-0.25, -0.2) is 4.98 Å². The van der Waals surface area contributed by atoms with E-state index in [-0.39, 0.29) is 12.1 Å². The lowest BCUT2D eigenvalue weighted by Gasteiger charge is -2.28. The van der Waals surface area contributed by atoms with E-state index in [2.05, 4.69) is 10.3 Å². The van der Waals surface area contributed by atoms with Gasteiger partial charge in [-0.2, -0.15) is 0 Å². The van der Waals surface area contributed by atoms with Crippen molar-refractivity contribution in [3.63, 3.8) is 0 Å². The topological polar surface area (TPSA) is 50.1 Å². The number of aliphatic hydroxyl groups is 1. The van der Waals surface area contributed by atoms with Gasteiger partial charge in [0, 0.05) is 13.2 Å². The molecule has 2 heterocycles. The third-order valence-corrected chi connectivity index (χ3v) is 2.74. The lowest BCUT2D eigenvalue weighted by molar-refractivity contribution is 0.0915. The molecule has 4 nitrogen and oxygen atoms in total. The molecule has 0 aromatic carbocycles. The molecule has 1 aliphatic rings. The van der Waals surface area contributed by atoms with Crippen molar-refractivity contribution in [2.75, 3.05) is 6.54 Å². The highest BCUT2D eigenvalue weighted by atomic mass is 16.3. The van der Waals surface area contributed by atoms with Crippen LogP contribution in [0, 0.1) is 6.92 Å². The molecule has 2 atom stereocenters. The largest absolute Gasteiger partial charge is 0.391 e. The van der Waals surface area contributed by atoms with Crippen LogP contribution in [0.2, 0.25) is 0 Å². The molecular weight excluding hydrogens is 178 g/mol. The van der Waals surface area contributed by atoms with Gasteiger partial charge in [0.2, 0.25) is 0 Å². The van der Waals surface area contributed by atoms with E-state index >= 15 is 0 Å². The number of aromatic nitrogens is 2. The molecule has 1 aromatic heterocycles. The average molecular weight is 195 g/mol. The molecule has 1 aromatic rings. The van der Waals surface area contributed by atoms with Crippen molar-refractivity contribution in [1.29, 1.82) is 0 Å². The Kier molecular flexibility index (Phi) is 2.56. The molecule has 4 heteroatoms. The number of aryl methyl sites for hydroxylation is 2. The molecule has 78 valence electrons. The molecule has 1 aliphatic heterocycles. The van der Waals surface area contributed by atoms with Gasteiger partial charge in [0.25, 0.3) is 0 Å². The summed E-state index contributed by atoms with van der Waals surface area (Å²) >= 11 is 0. The number of piperidine rings is 1. The molecule has 2 unspecified atom stereocenters. The van der Waals surface area contributed by atoms with Crippen LogP contribution in [0.5, 0.6) is 0 Å². The fraction of sp³-hybridized carbons (Fsp3) is 0.700. The highest BCUT2D eigenvalue weighted by Crippen LogP contribution is 2.22. The molecule has 14 heavy (non-hydrogen) atoms. The second kappa shape index (κ2) is 3.71. The smallest absolute Gasteiger partial charge is 0.128 e. The number of aliphatic hydroxyl groups excluding tert-OH is 1. The Hall–Kier alpha value is -0.870. The van der Waals surface area contributed by atoms with Crippen molar-refractivity contribution in [2.24, 2.45) is 7.05 Å². The van der Waals surface area contributed by atoms with Crippen LogP contribution in [-0.4, -0.2) is 27.3 Å². The standard InChI is InChI=1S/C10H17N3O/c1-7-6-13(2)10(12-7)9-8(14)4-3-5-11-9/h6,8-9,11,14H,3-5H2,1-2H3. The van der Waals surface area contributed by atoms with Gasteiger partial charge in [0.1, 0.15) is 5.82 Å². The molecule has 1 fully saturated rings. The first-order chi connectivity index (χ1) is 6.68. The maximum atomic E-state index is 9.84. The Morgan fingerprint density at radius 2 is 2.43 bits per heavy atom. The maximum Gasteiger partial charge on any atom is 0.128 e. The molecule has 2 N–H and O–H groups in total. The molecule has 0 bridgehead atoms. The summed E-state index contributed by atoms with van der Waals surface area (Å²) < 4.78 is 1.99. The predicted molar refractivity (Wildman–Crippen MR) is 53.9 cm³/mol. The average Bonchev–Trinajstić information content (AvgIpc) is 2.46. The van der Waals surface area contributed by atoms with Crippen LogP contribution in [0.3, 0.4) is 0 Å². The lowest BCUT2D eigenvalue weighted by Crippen LogP contribution is -2.39. The van der Waals surface area contributed by atoms with Crippen LogP contribution in [0.1, 0.15) is 30.4 Å². The van der Waals surface area contributed by atoms with E-state index in [1.165, 1.54) is 0 Å². The van der Waals surface area contributed by atoms with Gasteiger partial charge in [0.15, 0.2) is 0 Å². The summed E-state index contributed by atoms with van der Waals surface area (Å²) in [6, 6.07) is 0.00227. The van der Waals surface area contributed by atoms with E-state index in [0.717, 1.165) is 30.9 Å². The monoisotopic (exact) mass is 195 g/mol. The van der Waals surface area contributed by atoms with E-state index in [4.69, 9.17) is 0 Å². The van der Waals surface area contributed by atoms with Crippen molar-refractivity contribution in [1.82, 2.24) is 14.9 Å². The zero-order chi connectivity index (χ0) is 10.1. The fourth-order valence-electron chi connectivity index (χ4n) is 2.06. The number of nitrogens with zero attached hydrogens (tertiary/aromatic N) is 2. The van der Waals surface area contributed by atoms with Crippen LogP contribution in [0.4, 0.5) is 0 Å². The highest BCUT2D eigenvalue weighted by molar-refractivity contribution is 5.08. The van der Waals surface area contributed by atoms with Crippen LogP contribution in [-0.2, 0) is 7.05 Å². The quantitative estimate of drug-likeness (QED) is 0.686. The Morgan fingerprint density at radius 1 is 1.64 bits per heavy atom. The SMILES string of the molecule is Cc1cn(C)c(C2NCCCC2O)n1. The minimum Gasteiger partial charge on any atom is -0.391 e. The summed E-state index contributed by atoms with van der Waals surface area (Å²) in [6.45, 7) is 2.94. The summed E-state index contributed by atoms with van der Waals surface area (Å²) in [4.78, 5) is 4.42. The fourth-order valence-corrected chi connectivity index (χ4v) is 2.06. The lowest BCUT2D eigenvalue weighted by atomic mass is 10.0. The summed E-state index contributed by atoms with van der Waals surface area (Å²) in [5.41, 5.74) is 1.00. The number of hydrogen-bond acceptors (Lipinski definition) is 3. The normalized spacial score (nSPS) is 27.9. The Labute approximate surface area is 84.0 Å². The minimum atomic E-state index is -0.302. The molecule has 0 radical (unpaired) electrons. The van der Waals surface area contributed by atoms with E-state index in [1.54, 1.807) is 0 Å². The zero-order valence-corrected chi connectivity index (χ0v) is 8.70. The summed E-state index contributed by atoms with van der Waals surface area (Å²) in [6.07, 6.45) is 3.59. The van der Waals surface area contributed by atoms with E-state index in [0.29, 0.717) is 0 Å². The van der Waals surface area contributed by atoms with E-state index in [9.17, 15) is 5.11 Å². The van der Waals surface area contributed by atoms with Crippen molar-refractivity contribution in [3.8, 4) is 0 Å². The van der Waals surface area contributed by atoms with Crippen LogP contribution in [0.25, 0.3) is 0 Å². The highest BCUT2D eigenvalue weighted by Gasteiger charge is 2.27. The van der Waals surface area contributed by atoms with Crippen molar-refractivity contribution >= 4 is 0 Å². The molecule has 2 rings (SSSR count). The molecule has 0 aliphatic carbocycles. The van der Waals surface area contributed by atoms with Gasteiger partial charge in [-0.3, -0.25) is 0 Å². The first-order valence-electron chi connectivity index (χ1n) is 5.10. The maximum absolute atomic E-state index is 9.84. The summed E-state index contributed by atoms with van der Waals surface area (Å²) in [7, 11) is 1.97. The van der Waals surface area contributed by atoms with Gasteiger partial charge in [-0.15, -0.1) is 0 Å². The second-order valence-corrected chi connectivity index (χ2v) is 3.99. The molecule has 1 saturated heterocycles. The number of hydrogen-bond donors (Lipinski definition) is 2. The van der Waals surface area contributed by atoms with Gasteiger partial charge in [-0.05, 0) is 26.3 Å². The number of rotatable bonds is 1. The van der Waals surface area contributed by atoms with Crippen LogP contribution < -0.4 is 5.32 Å². The third kappa shape index (κ3) is 1.67. The number of nitrogens with one attached hydrogen (secondary N) is 1. The van der Waals surface area contributed by atoms with Crippen molar-refractivity contribution in [2.45, 2.75) is 31.9 Å². The first kappa shape index (κ1) is 9.68. The van der Waals surface area contributed by atoms with Crippen molar-refractivity contribution in [3.05, 3.63) is 17.7 Å². The summed E-state index contributed by atoms with van der Waals surface area (Å²) in [5, 5.41) is 13.1. The van der Waals surface area contributed by atoms with Gasteiger partial charge < -0.3 is 15.0 Å². The molecule has 0 saturated carbocycles. The molecular formula is C10H17N3O. The predicted octanol–water partition coefficient (Wildman–Crippen LogP) is 0.514. The Bertz CT molecular complexity index is 321.